The van der Waals surface area contributed by atoms with Crippen LogP contribution < -0.4 is 15.8 Å². The number of anilines is 2. The van der Waals surface area contributed by atoms with Crippen molar-refractivity contribution in [2.75, 3.05) is 17.3 Å². The first kappa shape index (κ1) is 17.2. The average molecular weight is 377 g/mol. The summed E-state index contributed by atoms with van der Waals surface area (Å²) in [6.07, 6.45) is 0. The van der Waals surface area contributed by atoms with Gasteiger partial charge >= 0.3 is 11.7 Å². The Morgan fingerprint density at radius 2 is 1.96 bits per heavy atom. The van der Waals surface area contributed by atoms with Crippen LogP contribution in [0.5, 0.6) is 0 Å². The molecule has 0 spiro atoms. The molecule has 1 N–H and O–H groups in total. The van der Waals surface area contributed by atoms with Crippen LogP contribution in [0.3, 0.4) is 0 Å². The first-order valence-electron chi connectivity index (χ1n) is 7.24. The fourth-order valence-corrected chi connectivity index (χ4v) is 3.35. The number of nitrogens with zero attached hydrogens (tertiary/aromatic N) is 1. The SMILES string of the molecule is CC(=O)c1cc2sc(N(C)C(=O)Nc3ccccc3Cl)cc2oc1=O. The molecule has 128 valence electrons. The smallest absolute Gasteiger partial charge is 0.347 e. The second-order valence-corrected chi connectivity index (χ2v) is 6.76. The number of carbonyl (C=O) groups excluding carboxylic acids is 2. The minimum atomic E-state index is -0.687. The molecular weight excluding hydrogens is 364 g/mol. The fourth-order valence-electron chi connectivity index (χ4n) is 2.17. The van der Waals surface area contributed by atoms with Crippen molar-refractivity contribution in [2.45, 2.75) is 6.92 Å². The van der Waals surface area contributed by atoms with E-state index in [4.69, 9.17) is 16.0 Å². The highest BCUT2D eigenvalue weighted by atomic mass is 35.5. The number of hydrogen-bond donors (Lipinski definition) is 1. The van der Waals surface area contributed by atoms with E-state index < -0.39 is 11.7 Å². The normalized spacial score (nSPS) is 10.7. The molecule has 2 aromatic heterocycles. The van der Waals surface area contributed by atoms with Crippen LogP contribution in [0, 0.1) is 0 Å². The molecule has 0 aliphatic carbocycles. The van der Waals surface area contributed by atoms with Gasteiger partial charge in [-0.1, -0.05) is 23.7 Å². The topological polar surface area (TPSA) is 79.6 Å². The van der Waals surface area contributed by atoms with E-state index in [1.807, 2.05) is 0 Å². The molecule has 8 heteroatoms. The van der Waals surface area contributed by atoms with Crippen molar-refractivity contribution in [3.63, 3.8) is 0 Å². The minimum absolute atomic E-state index is 0.0101. The lowest BCUT2D eigenvalue weighted by molar-refractivity contribution is 0.101. The number of halogens is 1. The zero-order valence-electron chi connectivity index (χ0n) is 13.3. The maximum atomic E-state index is 12.4. The van der Waals surface area contributed by atoms with Crippen LogP contribution in [0.4, 0.5) is 15.5 Å². The van der Waals surface area contributed by atoms with Crippen molar-refractivity contribution in [3.8, 4) is 0 Å². The summed E-state index contributed by atoms with van der Waals surface area (Å²) in [5.41, 5.74) is 0.122. The van der Waals surface area contributed by atoms with Crippen molar-refractivity contribution in [1.29, 1.82) is 0 Å². The molecule has 0 aliphatic rings. The summed E-state index contributed by atoms with van der Waals surface area (Å²) in [5, 5.41) is 3.70. The Morgan fingerprint density at radius 3 is 2.64 bits per heavy atom. The number of benzene rings is 1. The van der Waals surface area contributed by atoms with E-state index in [-0.39, 0.29) is 11.3 Å². The highest BCUT2D eigenvalue weighted by Crippen LogP contribution is 2.32. The monoisotopic (exact) mass is 376 g/mol. The van der Waals surface area contributed by atoms with E-state index in [0.717, 1.165) is 0 Å². The summed E-state index contributed by atoms with van der Waals surface area (Å²) in [6, 6.07) is 9.57. The maximum Gasteiger partial charge on any atom is 0.347 e. The molecule has 0 radical (unpaired) electrons. The van der Waals surface area contributed by atoms with E-state index in [0.29, 0.717) is 26.0 Å². The largest absolute Gasteiger partial charge is 0.421 e. The molecule has 0 aliphatic heterocycles. The van der Waals surface area contributed by atoms with E-state index in [1.165, 1.54) is 29.2 Å². The van der Waals surface area contributed by atoms with E-state index in [1.54, 1.807) is 37.4 Å². The Morgan fingerprint density at radius 1 is 1.24 bits per heavy atom. The molecular formula is C17H13ClN2O4S. The minimum Gasteiger partial charge on any atom is -0.421 e. The highest BCUT2D eigenvalue weighted by molar-refractivity contribution is 7.22. The van der Waals surface area contributed by atoms with Gasteiger partial charge in [0.1, 0.15) is 10.6 Å². The Bertz CT molecular complexity index is 1040. The standard InChI is InChI=1S/C17H13ClN2O4S/c1-9(21)10-7-14-13(24-16(10)22)8-15(25-14)20(2)17(23)19-12-6-4-3-5-11(12)18/h3-8H,1-2H3,(H,19,23). The van der Waals surface area contributed by atoms with Gasteiger partial charge in [0, 0.05) is 13.1 Å². The molecule has 2 amide bonds. The van der Waals surface area contributed by atoms with E-state index >= 15 is 0 Å². The van der Waals surface area contributed by atoms with Gasteiger partial charge in [-0.05, 0) is 25.1 Å². The Balaban J connectivity index is 1.90. The van der Waals surface area contributed by atoms with Gasteiger partial charge < -0.3 is 9.73 Å². The van der Waals surface area contributed by atoms with Gasteiger partial charge in [0.25, 0.3) is 0 Å². The van der Waals surface area contributed by atoms with Gasteiger partial charge in [-0.15, -0.1) is 11.3 Å². The molecule has 25 heavy (non-hydrogen) atoms. The quantitative estimate of drug-likeness (QED) is 0.688. The lowest BCUT2D eigenvalue weighted by Crippen LogP contribution is -2.30. The van der Waals surface area contributed by atoms with Gasteiger partial charge in [-0.2, -0.15) is 0 Å². The number of amides is 2. The van der Waals surface area contributed by atoms with Gasteiger partial charge in [0.05, 0.1) is 15.4 Å². The summed E-state index contributed by atoms with van der Waals surface area (Å²) in [4.78, 5) is 37.0. The number of thiophene rings is 1. The number of Topliss-reactive ketones (excluding diaryl/α,β-unsaturated/α-hetero) is 1. The van der Waals surface area contributed by atoms with Crippen LogP contribution >= 0.6 is 22.9 Å². The summed E-state index contributed by atoms with van der Waals surface area (Å²) >= 11 is 7.27. The number of fused-ring (bicyclic) bond motifs is 1. The molecule has 0 saturated carbocycles. The first-order chi connectivity index (χ1) is 11.9. The first-order valence-corrected chi connectivity index (χ1v) is 8.44. The highest BCUT2D eigenvalue weighted by Gasteiger charge is 2.18. The van der Waals surface area contributed by atoms with Gasteiger partial charge in [0.2, 0.25) is 0 Å². The average Bonchev–Trinajstić information content (AvgIpc) is 2.97. The van der Waals surface area contributed by atoms with Crippen molar-refractivity contribution in [2.24, 2.45) is 0 Å². The van der Waals surface area contributed by atoms with Crippen LogP contribution in [-0.2, 0) is 0 Å². The Hall–Kier alpha value is -2.64. The predicted molar refractivity (Wildman–Crippen MR) is 99.2 cm³/mol. The summed E-state index contributed by atoms with van der Waals surface area (Å²) < 4.78 is 5.77. The number of ketones is 1. The molecule has 0 fully saturated rings. The molecule has 0 saturated heterocycles. The second-order valence-electron chi connectivity index (χ2n) is 5.29. The molecule has 3 rings (SSSR count). The number of hydrogen-bond acceptors (Lipinski definition) is 5. The molecule has 2 heterocycles. The number of rotatable bonds is 3. The lowest BCUT2D eigenvalue weighted by Gasteiger charge is -2.16. The van der Waals surface area contributed by atoms with Crippen LogP contribution in [0.25, 0.3) is 10.3 Å². The van der Waals surface area contributed by atoms with Gasteiger partial charge in [0.15, 0.2) is 11.4 Å². The van der Waals surface area contributed by atoms with E-state index in [2.05, 4.69) is 5.32 Å². The number of carbonyl (C=O) groups is 2. The van der Waals surface area contributed by atoms with E-state index in [9.17, 15) is 14.4 Å². The van der Waals surface area contributed by atoms with Crippen molar-refractivity contribution in [3.05, 3.63) is 57.4 Å². The third kappa shape index (κ3) is 3.42. The third-order valence-corrected chi connectivity index (χ3v) is 5.01. The second kappa shape index (κ2) is 6.70. The number of urea groups is 1. The molecule has 1 aromatic carbocycles. The van der Waals surface area contributed by atoms with Crippen molar-refractivity contribution < 1.29 is 14.0 Å². The maximum absolute atomic E-state index is 12.4. The Kier molecular flexibility index (Phi) is 4.61. The van der Waals surface area contributed by atoms with Crippen molar-refractivity contribution in [1.82, 2.24) is 0 Å². The summed E-state index contributed by atoms with van der Waals surface area (Å²) in [7, 11) is 1.58. The van der Waals surface area contributed by atoms with Gasteiger partial charge in [-0.25, -0.2) is 9.59 Å². The van der Waals surface area contributed by atoms with Gasteiger partial charge in [-0.3, -0.25) is 9.69 Å². The summed E-state index contributed by atoms with van der Waals surface area (Å²) in [6.45, 7) is 1.30. The molecule has 0 unspecified atom stereocenters. The molecule has 0 atom stereocenters. The molecule has 6 nitrogen and oxygen atoms in total. The Labute approximate surface area is 151 Å². The molecule has 3 aromatic rings. The number of nitrogens with one attached hydrogen (secondary N) is 1. The zero-order valence-corrected chi connectivity index (χ0v) is 14.9. The predicted octanol–water partition coefficient (Wildman–Crippen LogP) is 4.38. The summed E-state index contributed by atoms with van der Waals surface area (Å²) in [5.74, 6) is -0.365. The lowest BCUT2D eigenvalue weighted by atomic mass is 10.2. The van der Waals surface area contributed by atoms with Crippen LogP contribution in [0.15, 0.2) is 45.6 Å². The number of para-hydroxylation sites is 1. The zero-order chi connectivity index (χ0) is 18.1. The van der Waals surface area contributed by atoms with Crippen LogP contribution in [0.2, 0.25) is 5.02 Å². The van der Waals surface area contributed by atoms with Crippen LogP contribution in [0.1, 0.15) is 17.3 Å². The van der Waals surface area contributed by atoms with Crippen LogP contribution in [-0.4, -0.2) is 18.9 Å². The van der Waals surface area contributed by atoms with Crippen molar-refractivity contribution >= 4 is 55.7 Å². The molecule has 0 bridgehead atoms. The fraction of sp³-hybridized carbons (Fsp3) is 0.118. The third-order valence-electron chi connectivity index (χ3n) is 3.54.